The first-order chi connectivity index (χ1) is 8.25. The van der Waals surface area contributed by atoms with E-state index in [9.17, 15) is 18.0 Å². The van der Waals surface area contributed by atoms with E-state index in [0.717, 1.165) is 12.1 Å². The highest BCUT2D eigenvalue weighted by atomic mass is 19.4. The molecular formula is C11H9F3N2O2. The summed E-state index contributed by atoms with van der Waals surface area (Å²) in [6.45, 7) is 1.24. The zero-order valence-electron chi connectivity index (χ0n) is 9.28. The van der Waals surface area contributed by atoms with Crippen LogP contribution in [0.25, 0.3) is 0 Å². The summed E-state index contributed by atoms with van der Waals surface area (Å²) in [5, 5.41) is 8.56. The van der Waals surface area contributed by atoms with Crippen LogP contribution in [0.5, 0.6) is 5.75 Å². The summed E-state index contributed by atoms with van der Waals surface area (Å²) in [7, 11) is 0. The number of carbonyl (C=O) groups excluding carboxylic acids is 1. The van der Waals surface area contributed by atoms with Crippen LogP contribution < -0.4 is 10.5 Å². The molecule has 0 fully saturated rings. The van der Waals surface area contributed by atoms with Crippen LogP contribution in [0.1, 0.15) is 18.1 Å². The summed E-state index contributed by atoms with van der Waals surface area (Å²) >= 11 is 0. The average molecular weight is 258 g/mol. The summed E-state index contributed by atoms with van der Waals surface area (Å²) in [6.07, 6.45) is -5.88. The maximum absolute atomic E-state index is 12.7. The van der Waals surface area contributed by atoms with Gasteiger partial charge in [0.15, 0.2) is 6.10 Å². The number of rotatable bonds is 3. The number of nitrogens with zero attached hydrogens (tertiary/aromatic N) is 1. The van der Waals surface area contributed by atoms with E-state index in [-0.39, 0.29) is 5.56 Å². The van der Waals surface area contributed by atoms with Crippen LogP contribution >= 0.6 is 0 Å². The molecule has 0 spiro atoms. The number of alkyl halides is 3. The molecular weight excluding hydrogens is 249 g/mol. The van der Waals surface area contributed by atoms with Gasteiger partial charge in [-0.05, 0) is 25.1 Å². The van der Waals surface area contributed by atoms with Gasteiger partial charge < -0.3 is 10.5 Å². The summed E-state index contributed by atoms with van der Waals surface area (Å²) in [6, 6.07) is 4.40. The number of nitriles is 1. The third-order valence-electron chi connectivity index (χ3n) is 2.12. The van der Waals surface area contributed by atoms with Crippen molar-refractivity contribution in [1.82, 2.24) is 0 Å². The lowest BCUT2D eigenvalue weighted by atomic mass is 10.1. The molecule has 0 heterocycles. The molecule has 2 N–H and O–H groups in total. The van der Waals surface area contributed by atoms with Crippen molar-refractivity contribution in [2.45, 2.75) is 19.2 Å². The topological polar surface area (TPSA) is 76.1 Å². The minimum atomic E-state index is -4.68. The first kappa shape index (κ1) is 13.8. The molecule has 1 aromatic carbocycles. The number of halogens is 3. The van der Waals surface area contributed by atoms with Crippen LogP contribution in [0, 0.1) is 11.3 Å². The molecule has 0 aliphatic carbocycles. The van der Waals surface area contributed by atoms with Gasteiger partial charge in [0.25, 0.3) is 5.91 Å². The standard InChI is InChI=1S/C11H9F3N2O2/c1-6(10(16)17)18-9-3-2-7(5-15)4-8(9)11(12,13)14/h2-4,6H,1H3,(H2,16,17). The second kappa shape index (κ2) is 4.96. The van der Waals surface area contributed by atoms with Crippen molar-refractivity contribution in [2.75, 3.05) is 0 Å². The Labute approximate surface area is 101 Å². The number of amides is 1. The number of ether oxygens (including phenoxy) is 1. The normalized spacial score (nSPS) is 12.6. The fourth-order valence-corrected chi connectivity index (χ4v) is 1.17. The molecule has 18 heavy (non-hydrogen) atoms. The van der Waals surface area contributed by atoms with E-state index in [1.54, 1.807) is 6.07 Å². The zero-order valence-corrected chi connectivity index (χ0v) is 9.28. The molecule has 0 bridgehead atoms. The van der Waals surface area contributed by atoms with E-state index in [1.165, 1.54) is 6.92 Å². The van der Waals surface area contributed by atoms with Gasteiger partial charge in [-0.2, -0.15) is 18.4 Å². The molecule has 0 aliphatic heterocycles. The van der Waals surface area contributed by atoms with E-state index in [1.807, 2.05) is 0 Å². The highest BCUT2D eigenvalue weighted by molar-refractivity contribution is 5.78. The summed E-state index contributed by atoms with van der Waals surface area (Å²) in [4.78, 5) is 10.8. The lowest BCUT2D eigenvalue weighted by Crippen LogP contribution is -2.31. The van der Waals surface area contributed by atoms with Crippen molar-refractivity contribution in [3.63, 3.8) is 0 Å². The molecule has 1 amide bonds. The van der Waals surface area contributed by atoms with Gasteiger partial charge in [-0.3, -0.25) is 4.79 Å². The van der Waals surface area contributed by atoms with E-state index in [4.69, 9.17) is 15.7 Å². The van der Waals surface area contributed by atoms with E-state index in [0.29, 0.717) is 6.07 Å². The van der Waals surface area contributed by atoms with Crippen LogP contribution in [0.2, 0.25) is 0 Å². The molecule has 0 saturated heterocycles. The molecule has 7 heteroatoms. The maximum atomic E-state index is 12.7. The lowest BCUT2D eigenvalue weighted by molar-refractivity contribution is -0.140. The number of benzene rings is 1. The van der Waals surface area contributed by atoms with Crippen molar-refractivity contribution < 1.29 is 22.7 Å². The Morgan fingerprint density at radius 3 is 2.56 bits per heavy atom. The Morgan fingerprint density at radius 1 is 1.50 bits per heavy atom. The molecule has 4 nitrogen and oxygen atoms in total. The fraction of sp³-hybridized carbons (Fsp3) is 0.273. The molecule has 0 aliphatic rings. The monoisotopic (exact) mass is 258 g/mol. The molecule has 1 unspecified atom stereocenters. The minimum absolute atomic E-state index is 0.151. The molecule has 0 radical (unpaired) electrons. The van der Waals surface area contributed by atoms with Crippen LogP contribution in [-0.4, -0.2) is 12.0 Å². The molecule has 0 aromatic heterocycles. The fourth-order valence-electron chi connectivity index (χ4n) is 1.17. The third kappa shape index (κ3) is 3.13. The number of carbonyl (C=O) groups is 1. The second-order valence-corrected chi connectivity index (χ2v) is 3.48. The molecule has 1 aromatic rings. The molecule has 0 saturated carbocycles. The molecule has 96 valence electrons. The van der Waals surface area contributed by atoms with Crippen molar-refractivity contribution in [2.24, 2.45) is 5.73 Å². The Morgan fingerprint density at radius 2 is 2.11 bits per heavy atom. The third-order valence-corrected chi connectivity index (χ3v) is 2.12. The van der Waals surface area contributed by atoms with Crippen LogP contribution in [0.3, 0.4) is 0 Å². The highest BCUT2D eigenvalue weighted by Gasteiger charge is 2.35. The van der Waals surface area contributed by atoms with E-state index >= 15 is 0 Å². The van der Waals surface area contributed by atoms with Gasteiger partial charge in [0.2, 0.25) is 0 Å². The molecule has 1 atom stereocenters. The van der Waals surface area contributed by atoms with Crippen LogP contribution in [-0.2, 0) is 11.0 Å². The first-order valence-electron chi connectivity index (χ1n) is 4.83. The Kier molecular flexibility index (Phi) is 3.81. The van der Waals surface area contributed by atoms with Gasteiger partial charge in [-0.25, -0.2) is 0 Å². The van der Waals surface area contributed by atoms with Crippen molar-refractivity contribution in [1.29, 1.82) is 5.26 Å². The number of hydrogen-bond acceptors (Lipinski definition) is 3. The zero-order chi connectivity index (χ0) is 13.9. The van der Waals surface area contributed by atoms with Gasteiger partial charge in [-0.1, -0.05) is 0 Å². The first-order valence-corrected chi connectivity index (χ1v) is 4.83. The Balaban J connectivity index is 3.20. The quantitative estimate of drug-likeness (QED) is 0.898. The Bertz CT molecular complexity index is 506. The summed E-state index contributed by atoms with van der Waals surface area (Å²) in [5.41, 5.74) is 3.63. The van der Waals surface area contributed by atoms with Crippen molar-refractivity contribution in [3.05, 3.63) is 29.3 Å². The summed E-state index contributed by atoms with van der Waals surface area (Å²) < 4.78 is 43.0. The lowest BCUT2D eigenvalue weighted by Gasteiger charge is -2.16. The predicted molar refractivity (Wildman–Crippen MR) is 55.4 cm³/mol. The average Bonchev–Trinajstić information content (AvgIpc) is 2.27. The van der Waals surface area contributed by atoms with Gasteiger partial charge in [0, 0.05) is 0 Å². The SMILES string of the molecule is CC(Oc1ccc(C#N)cc1C(F)(F)F)C(N)=O. The number of nitrogens with two attached hydrogens (primary N) is 1. The number of primary amides is 1. The molecule has 1 rings (SSSR count). The number of hydrogen-bond donors (Lipinski definition) is 1. The van der Waals surface area contributed by atoms with E-state index in [2.05, 4.69) is 0 Å². The van der Waals surface area contributed by atoms with Gasteiger partial charge in [-0.15, -0.1) is 0 Å². The smallest absolute Gasteiger partial charge is 0.420 e. The van der Waals surface area contributed by atoms with Crippen LogP contribution in [0.15, 0.2) is 18.2 Å². The van der Waals surface area contributed by atoms with Gasteiger partial charge >= 0.3 is 6.18 Å². The highest BCUT2D eigenvalue weighted by Crippen LogP contribution is 2.37. The maximum Gasteiger partial charge on any atom is 0.420 e. The van der Waals surface area contributed by atoms with Gasteiger partial charge in [0.05, 0.1) is 17.2 Å². The van der Waals surface area contributed by atoms with Gasteiger partial charge in [0.1, 0.15) is 5.75 Å². The van der Waals surface area contributed by atoms with Crippen molar-refractivity contribution in [3.8, 4) is 11.8 Å². The second-order valence-electron chi connectivity index (χ2n) is 3.48. The van der Waals surface area contributed by atoms with Crippen LogP contribution in [0.4, 0.5) is 13.2 Å². The summed E-state index contributed by atoms with van der Waals surface area (Å²) in [5.74, 6) is -1.42. The van der Waals surface area contributed by atoms with Crippen molar-refractivity contribution >= 4 is 5.91 Å². The predicted octanol–water partition coefficient (Wildman–Crippen LogP) is 1.83. The minimum Gasteiger partial charge on any atom is -0.480 e. The van der Waals surface area contributed by atoms with E-state index < -0.39 is 29.5 Å². The Hall–Kier alpha value is -2.23. The largest absolute Gasteiger partial charge is 0.480 e.